The summed E-state index contributed by atoms with van der Waals surface area (Å²) in [5, 5.41) is 15.8. The number of hydrogen-bond donors (Lipinski definition) is 2. The molecule has 0 aliphatic heterocycles. The Labute approximate surface area is 166 Å². The molecule has 0 unspecified atom stereocenters. The molecule has 0 bridgehead atoms. The largest absolute Gasteiger partial charge is 1.00 e. The fraction of sp³-hybridized carbons (Fsp3) is 0.444. The normalized spacial score (nSPS) is 13.5. The second-order valence-electron chi connectivity index (χ2n) is 5.80. The Kier molecular flexibility index (Phi) is 16.9. The smallest absolute Gasteiger partial charge is 0.330 e. The molecule has 24 heavy (non-hydrogen) atoms. The Morgan fingerprint density at radius 3 is 1.25 bits per heavy atom. The van der Waals surface area contributed by atoms with E-state index in [0.29, 0.717) is 0 Å². The molecule has 0 amide bonds. The Morgan fingerprint density at radius 2 is 1.21 bits per heavy atom. The van der Waals surface area contributed by atoms with Crippen LogP contribution in [0.15, 0.2) is 41.0 Å². The molecule has 0 aromatic rings. The van der Waals surface area contributed by atoms with Crippen molar-refractivity contribution in [3.05, 3.63) is 47.1 Å². The van der Waals surface area contributed by atoms with Crippen LogP contribution in [0.2, 0.25) is 0 Å². The van der Waals surface area contributed by atoms with Crippen LogP contribution in [-0.4, -0.2) is 22.2 Å². The maximum absolute atomic E-state index is 9.60. The third-order valence-corrected chi connectivity index (χ3v) is 3.29. The number of allylic oxidation sites excluding steroid dienone is 4. The minimum absolute atomic E-state index is 0. The molecule has 0 saturated heterocycles. The van der Waals surface area contributed by atoms with E-state index in [1.54, 1.807) is 0 Å². The molecule has 1 rings (SSSR count). The summed E-state index contributed by atoms with van der Waals surface area (Å²) in [6.45, 7) is 20.1. The van der Waals surface area contributed by atoms with Gasteiger partial charge in [-0.1, -0.05) is 46.3 Å². The third kappa shape index (κ3) is 12.3. The molecule has 0 fully saturated rings. The zero-order valence-corrected chi connectivity index (χ0v) is 17.8. The number of rotatable bonds is 2. The summed E-state index contributed by atoms with van der Waals surface area (Å²) < 4.78 is 0. The van der Waals surface area contributed by atoms with Crippen LogP contribution in [0.1, 0.15) is 48.5 Å². The van der Waals surface area contributed by atoms with Gasteiger partial charge in [-0.2, -0.15) is 11.1 Å². The topological polar surface area (TPSA) is 74.6 Å². The van der Waals surface area contributed by atoms with E-state index < -0.39 is 11.9 Å². The number of halogens is 1. The van der Waals surface area contributed by atoms with Crippen molar-refractivity contribution in [2.75, 3.05) is 0 Å². The first-order valence-electron chi connectivity index (χ1n) is 6.81. The van der Waals surface area contributed by atoms with E-state index >= 15 is 0 Å². The third-order valence-electron chi connectivity index (χ3n) is 3.29. The monoisotopic (exact) mass is 390 g/mol. The van der Waals surface area contributed by atoms with Gasteiger partial charge in [-0.25, -0.2) is 15.2 Å². The van der Waals surface area contributed by atoms with Crippen LogP contribution in [0, 0.1) is 11.5 Å². The van der Waals surface area contributed by atoms with Gasteiger partial charge in [0.05, 0.1) is 0 Å². The second-order valence-corrected chi connectivity index (χ2v) is 5.80. The molecular weight excluding hydrogens is 364 g/mol. The minimum Gasteiger partial charge on any atom is -1.00 e. The Hall–Kier alpha value is -1.10. The van der Waals surface area contributed by atoms with Crippen molar-refractivity contribution in [2.45, 2.75) is 48.5 Å². The van der Waals surface area contributed by atoms with Crippen LogP contribution in [0.3, 0.4) is 0 Å². The minimum atomic E-state index is -0.935. The average Bonchev–Trinajstić information content (AvgIpc) is 2.53. The van der Waals surface area contributed by atoms with Crippen molar-refractivity contribution >= 4 is 11.9 Å². The van der Waals surface area contributed by atoms with Crippen molar-refractivity contribution in [3.63, 3.8) is 0 Å². The van der Waals surface area contributed by atoms with Crippen LogP contribution in [-0.2, 0) is 31.3 Å². The van der Waals surface area contributed by atoms with E-state index in [2.05, 4.69) is 53.9 Å². The van der Waals surface area contributed by atoms with E-state index in [9.17, 15) is 9.59 Å². The zero-order valence-electron chi connectivity index (χ0n) is 15.5. The van der Waals surface area contributed by atoms with Gasteiger partial charge in [0.1, 0.15) is 0 Å². The van der Waals surface area contributed by atoms with Crippen LogP contribution < -0.4 is 12.4 Å². The standard InChI is InChI=1S/C10H15.2C4H6O2.ClH.Ti/c1-7-6-10(4,5)9(3)8(7)2;2*1-3(2)4(5)6;;/h1-5H3;2*1H2,2H3,(H,5,6);1H;/q-1;;;;/p-1. The summed E-state index contributed by atoms with van der Waals surface area (Å²) >= 11 is 0. The van der Waals surface area contributed by atoms with Crippen LogP contribution >= 0.6 is 0 Å². The summed E-state index contributed by atoms with van der Waals surface area (Å²) in [6.07, 6.45) is 3.44. The Balaban J connectivity index is -0.000000127. The zero-order chi connectivity index (χ0) is 18.2. The number of carbonyl (C=O) groups is 2. The SMILES string of the molecule is C=C(C)C(=O)O.C=C(C)C(=O)O.CC1=[C-]C(C)(C)C(C)=C1C.[Cl-].[Ti]. The fourth-order valence-electron chi connectivity index (χ4n) is 1.41. The molecule has 0 atom stereocenters. The molecule has 1 aliphatic carbocycles. The van der Waals surface area contributed by atoms with E-state index in [-0.39, 0.29) is 50.7 Å². The van der Waals surface area contributed by atoms with Gasteiger partial charge < -0.3 is 22.6 Å². The van der Waals surface area contributed by atoms with Crippen molar-refractivity contribution in [1.29, 1.82) is 0 Å². The number of aliphatic carboxylic acids is 2. The first-order chi connectivity index (χ1) is 9.73. The van der Waals surface area contributed by atoms with Crippen molar-refractivity contribution in [2.24, 2.45) is 5.41 Å². The molecule has 1 aliphatic rings. The van der Waals surface area contributed by atoms with Gasteiger partial charge in [-0.05, 0) is 13.8 Å². The Morgan fingerprint density at radius 1 is 0.958 bits per heavy atom. The molecular formula is C18H27ClO4Ti-2. The predicted molar refractivity (Wildman–Crippen MR) is 89.5 cm³/mol. The molecule has 2 N–H and O–H groups in total. The van der Waals surface area contributed by atoms with Crippen LogP contribution in [0.5, 0.6) is 0 Å². The molecule has 6 heteroatoms. The average molecular weight is 391 g/mol. The fourth-order valence-corrected chi connectivity index (χ4v) is 1.41. The maximum atomic E-state index is 9.60. The van der Waals surface area contributed by atoms with Gasteiger partial charge in [0, 0.05) is 32.9 Å². The first kappa shape index (κ1) is 30.8. The molecule has 0 aromatic heterocycles. The molecule has 0 radical (unpaired) electrons. The van der Waals surface area contributed by atoms with Crippen LogP contribution in [0.4, 0.5) is 0 Å². The molecule has 0 heterocycles. The van der Waals surface area contributed by atoms with Gasteiger partial charge >= 0.3 is 11.9 Å². The summed E-state index contributed by atoms with van der Waals surface area (Å²) in [7, 11) is 0. The maximum Gasteiger partial charge on any atom is 0.330 e. The van der Waals surface area contributed by atoms with Gasteiger partial charge in [-0.3, -0.25) is 6.08 Å². The van der Waals surface area contributed by atoms with E-state index in [4.69, 9.17) is 10.2 Å². The molecule has 4 nitrogen and oxygen atoms in total. The summed E-state index contributed by atoms with van der Waals surface area (Å²) in [4.78, 5) is 19.2. The first-order valence-corrected chi connectivity index (χ1v) is 6.81. The summed E-state index contributed by atoms with van der Waals surface area (Å²) in [5.41, 5.74) is 4.75. The van der Waals surface area contributed by atoms with Gasteiger partial charge in [-0.15, -0.1) is 6.92 Å². The number of carboxylic acid groups (broad SMARTS) is 2. The van der Waals surface area contributed by atoms with E-state index in [1.807, 2.05) is 0 Å². The quantitative estimate of drug-likeness (QED) is 0.425. The van der Waals surface area contributed by atoms with Crippen LogP contribution in [0.25, 0.3) is 0 Å². The summed E-state index contributed by atoms with van der Waals surface area (Å²) in [6, 6.07) is 0. The Bertz CT molecular complexity index is 495. The predicted octanol–water partition coefficient (Wildman–Crippen LogP) is 1.41. The van der Waals surface area contributed by atoms with Crippen molar-refractivity contribution in [3.8, 4) is 0 Å². The molecule has 0 saturated carbocycles. The van der Waals surface area contributed by atoms with Crippen molar-refractivity contribution in [1.82, 2.24) is 0 Å². The second kappa shape index (κ2) is 13.2. The molecule has 0 spiro atoms. The van der Waals surface area contributed by atoms with Crippen molar-refractivity contribution < 1.29 is 53.9 Å². The number of hydrogen-bond acceptors (Lipinski definition) is 2. The van der Waals surface area contributed by atoms with E-state index in [0.717, 1.165) is 0 Å². The molecule has 136 valence electrons. The van der Waals surface area contributed by atoms with Gasteiger partial charge in [0.15, 0.2) is 0 Å². The molecule has 0 aromatic carbocycles. The number of carboxylic acids is 2. The summed E-state index contributed by atoms with van der Waals surface area (Å²) in [5.74, 6) is -1.87. The van der Waals surface area contributed by atoms with E-state index in [1.165, 1.54) is 30.6 Å². The van der Waals surface area contributed by atoms with Gasteiger partial charge in [0.25, 0.3) is 0 Å². The van der Waals surface area contributed by atoms with Gasteiger partial charge in [0.2, 0.25) is 0 Å².